The minimum atomic E-state index is 0.173. The molecular weight excluding hydrogens is 240 g/mol. The highest BCUT2D eigenvalue weighted by atomic mass is 32.1. The van der Waals surface area contributed by atoms with Gasteiger partial charge in [0.05, 0.1) is 5.54 Å². The molecule has 2 aliphatic carbocycles. The van der Waals surface area contributed by atoms with Gasteiger partial charge in [-0.25, -0.2) is 4.98 Å². The second kappa shape index (κ2) is 4.61. The minimum absolute atomic E-state index is 0.173. The number of hydrogen-bond acceptors (Lipinski definition) is 3. The molecule has 3 rings (SSSR count). The summed E-state index contributed by atoms with van der Waals surface area (Å²) in [6.45, 7) is 2.10. The summed E-state index contributed by atoms with van der Waals surface area (Å²) in [5.74, 6) is 0. The molecular formula is C15H24N2S. The van der Waals surface area contributed by atoms with E-state index in [1.165, 1.54) is 62.1 Å². The van der Waals surface area contributed by atoms with Crippen molar-refractivity contribution in [2.75, 3.05) is 7.05 Å². The normalized spacial score (nSPS) is 25.7. The smallest absolute Gasteiger partial charge is 0.113 e. The number of nitrogens with zero attached hydrogens (tertiary/aromatic N) is 1. The van der Waals surface area contributed by atoms with Crippen LogP contribution in [0, 0.1) is 12.3 Å². The maximum absolute atomic E-state index is 4.75. The van der Waals surface area contributed by atoms with Crippen molar-refractivity contribution in [3.05, 3.63) is 16.1 Å². The molecule has 0 unspecified atom stereocenters. The molecule has 18 heavy (non-hydrogen) atoms. The maximum Gasteiger partial charge on any atom is 0.113 e. The van der Waals surface area contributed by atoms with Gasteiger partial charge in [-0.15, -0.1) is 11.3 Å². The molecule has 3 heteroatoms. The van der Waals surface area contributed by atoms with Crippen molar-refractivity contribution in [2.45, 2.75) is 63.8 Å². The van der Waals surface area contributed by atoms with E-state index in [1.807, 2.05) is 11.3 Å². The SMILES string of the molecule is CNC1(c2nc(C)cs2)CCC2(CCCC2)CC1. The summed E-state index contributed by atoms with van der Waals surface area (Å²) >= 11 is 1.84. The van der Waals surface area contributed by atoms with E-state index in [0.29, 0.717) is 5.41 Å². The Hall–Kier alpha value is -0.410. The molecule has 0 aliphatic heterocycles. The highest BCUT2D eigenvalue weighted by molar-refractivity contribution is 7.09. The van der Waals surface area contributed by atoms with E-state index in [9.17, 15) is 0 Å². The zero-order valence-corrected chi connectivity index (χ0v) is 12.4. The van der Waals surface area contributed by atoms with Gasteiger partial charge in [0.1, 0.15) is 5.01 Å². The Morgan fingerprint density at radius 3 is 2.28 bits per heavy atom. The summed E-state index contributed by atoms with van der Waals surface area (Å²) in [4.78, 5) is 4.75. The van der Waals surface area contributed by atoms with Gasteiger partial charge >= 0.3 is 0 Å². The molecule has 1 spiro atoms. The number of aromatic nitrogens is 1. The first-order valence-corrected chi connectivity index (χ1v) is 8.18. The van der Waals surface area contributed by atoms with Gasteiger partial charge in [0.2, 0.25) is 0 Å². The largest absolute Gasteiger partial charge is 0.308 e. The summed E-state index contributed by atoms with van der Waals surface area (Å²) < 4.78 is 0. The molecule has 1 heterocycles. The second-order valence-corrected chi connectivity index (χ2v) is 7.19. The van der Waals surface area contributed by atoms with Crippen molar-refractivity contribution in [3.8, 4) is 0 Å². The van der Waals surface area contributed by atoms with Crippen molar-refractivity contribution in [2.24, 2.45) is 5.41 Å². The van der Waals surface area contributed by atoms with Crippen molar-refractivity contribution in [3.63, 3.8) is 0 Å². The molecule has 0 radical (unpaired) electrons. The lowest BCUT2D eigenvalue weighted by molar-refractivity contribution is 0.114. The first-order valence-electron chi connectivity index (χ1n) is 7.30. The molecule has 2 aliphatic rings. The molecule has 0 amide bonds. The molecule has 100 valence electrons. The van der Waals surface area contributed by atoms with E-state index >= 15 is 0 Å². The van der Waals surface area contributed by atoms with Crippen LogP contribution >= 0.6 is 11.3 Å². The third kappa shape index (κ3) is 2.01. The van der Waals surface area contributed by atoms with Crippen LogP contribution in [0.2, 0.25) is 0 Å². The Bertz CT molecular complexity index is 408. The Kier molecular flexibility index (Phi) is 3.23. The zero-order valence-electron chi connectivity index (χ0n) is 11.6. The maximum atomic E-state index is 4.75. The van der Waals surface area contributed by atoms with Gasteiger partial charge in [-0.1, -0.05) is 12.8 Å². The van der Waals surface area contributed by atoms with Crippen LogP contribution in [0.4, 0.5) is 0 Å². The van der Waals surface area contributed by atoms with Crippen molar-refractivity contribution >= 4 is 11.3 Å². The standard InChI is InChI=1S/C15H24N2S/c1-12-11-18-13(17-12)15(16-2)9-7-14(8-10-15)5-3-4-6-14/h11,16H,3-10H2,1-2H3. The lowest BCUT2D eigenvalue weighted by atomic mass is 9.66. The highest BCUT2D eigenvalue weighted by Crippen LogP contribution is 2.53. The monoisotopic (exact) mass is 264 g/mol. The van der Waals surface area contributed by atoms with Crippen LogP contribution in [0.5, 0.6) is 0 Å². The topological polar surface area (TPSA) is 24.9 Å². The summed E-state index contributed by atoms with van der Waals surface area (Å²) in [7, 11) is 2.11. The average Bonchev–Trinajstić information content (AvgIpc) is 3.01. The molecule has 0 atom stereocenters. The molecule has 1 aromatic rings. The van der Waals surface area contributed by atoms with Gasteiger partial charge in [-0.2, -0.15) is 0 Å². The lowest BCUT2D eigenvalue weighted by Crippen LogP contribution is -2.45. The van der Waals surface area contributed by atoms with Crippen LogP contribution in [-0.2, 0) is 5.54 Å². The van der Waals surface area contributed by atoms with Crippen molar-refractivity contribution < 1.29 is 0 Å². The fraction of sp³-hybridized carbons (Fsp3) is 0.800. The van der Waals surface area contributed by atoms with E-state index in [0.717, 1.165) is 0 Å². The summed E-state index contributed by atoms with van der Waals surface area (Å²) in [6, 6.07) is 0. The van der Waals surface area contributed by atoms with E-state index < -0.39 is 0 Å². The van der Waals surface area contributed by atoms with Gasteiger partial charge in [-0.05, 0) is 57.9 Å². The first kappa shape index (κ1) is 12.6. The number of nitrogens with one attached hydrogen (secondary N) is 1. The van der Waals surface area contributed by atoms with Gasteiger partial charge in [0.25, 0.3) is 0 Å². The van der Waals surface area contributed by atoms with Crippen LogP contribution in [0.25, 0.3) is 0 Å². The predicted octanol–water partition coefficient (Wildman–Crippen LogP) is 4.00. The van der Waals surface area contributed by atoms with Crippen molar-refractivity contribution in [1.29, 1.82) is 0 Å². The van der Waals surface area contributed by atoms with Gasteiger partial charge < -0.3 is 5.32 Å². The van der Waals surface area contributed by atoms with Gasteiger partial charge in [0.15, 0.2) is 0 Å². The van der Waals surface area contributed by atoms with E-state index in [-0.39, 0.29) is 5.54 Å². The summed E-state index contributed by atoms with van der Waals surface area (Å²) in [5, 5.41) is 7.11. The van der Waals surface area contributed by atoms with E-state index in [1.54, 1.807) is 0 Å². The van der Waals surface area contributed by atoms with E-state index in [4.69, 9.17) is 4.98 Å². The van der Waals surface area contributed by atoms with Crippen molar-refractivity contribution in [1.82, 2.24) is 10.3 Å². The van der Waals surface area contributed by atoms with Crippen LogP contribution in [0.3, 0.4) is 0 Å². The lowest BCUT2D eigenvalue weighted by Gasteiger charge is -2.44. The predicted molar refractivity (Wildman–Crippen MR) is 77.0 cm³/mol. The Morgan fingerprint density at radius 1 is 1.11 bits per heavy atom. The second-order valence-electron chi connectivity index (χ2n) is 6.33. The molecule has 1 N–H and O–H groups in total. The van der Waals surface area contributed by atoms with Gasteiger partial charge in [0, 0.05) is 11.1 Å². The number of rotatable bonds is 2. The fourth-order valence-corrected chi connectivity index (χ4v) is 5.04. The number of hydrogen-bond donors (Lipinski definition) is 1. The summed E-state index contributed by atoms with van der Waals surface area (Å²) in [6.07, 6.45) is 11.2. The van der Waals surface area contributed by atoms with Crippen LogP contribution in [0.15, 0.2) is 5.38 Å². The van der Waals surface area contributed by atoms with Crippen LogP contribution in [0.1, 0.15) is 62.1 Å². The minimum Gasteiger partial charge on any atom is -0.308 e. The van der Waals surface area contributed by atoms with Gasteiger partial charge in [-0.3, -0.25) is 0 Å². The van der Waals surface area contributed by atoms with Crippen LogP contribution in [-0.4, -0.2) is 12.0 Å². The Morgan fingerprint density at radius 2 is 1.78 bits per heavy atom. The quantitative estimate of drug-likeness (QED) is 0.873. The molecule has 2 nitrogen and oxygen atoms in total. The molecule has 1 aromatic heterocycles. The average molecular weight is 264 g/mol. The fourth-order valence-electron chi connectivity index (χ4n) is 3.98. The number of thiazole rings is 1. The molecule has 0 bridgehead atoms. The molecule has 2 fully saturated rings. The third-order valence-corrected chi connectivity index (χ3v) is 6.50. The molecule has 0 saturated heterocycles. The third-order valence-electron chi connectivity index (χ3n) is 5.34. The zero-order chi connectivity index (χ0) is 12.6. The highest BCUT2D eigenvalue weighted by Gasteiger charge is 2.45. The summed E-state index contributed by atoms with van der Waals surface area (Å²) in [5.41, 5.74) is 2.05. The Balaban J connectivity index is 1.79. The molecule has 2 saturated carbocycles. The van der Waals surface area contributed by atoms with Crippen LogP contribution < -0.4 is 5.32 Å². The first-order chi connectivity index (χ1) is 8.68. The van der Waals surface area contributed by atoms with E-state index in [2.05, 4.69) is 24.7 Å². The Labute approximate surface area is 114 Å². The number of aryl methyl sites for hydroxylation is 1. The molecule has 0 aromatic carbocycles.